The van der Waals surface area contributed by atoms with Crippen LogP contribution >= 0.6 is 11.6 Å². The quantitative estimate of drug-likeness (QED) is 0.556. The fraction of sp³-hybridized carbons (Fsp3) is 0.346. The van der Waals surface area contributed by atoms with Gasteiger partial charge in [0.05, 0.1) is 34.3 Å². The maximum atomic E-state index is 13.2. The first-order chi connectivity index (χ1) is 17.4. The van der Waals surface area contributed by atoms with Crippen molar-refractivity contribution >= 4 is 46.0 Å². The molecule has 3 aliphatic rings. The van der Waals surface area contributed by atoms with E-state index in [1.54, 1.807) is 29.2 Å². The van der Waals surface area contributed by atoms with Gasteiger partial charge in [0.25, 0.3) is 5.91 Å². The number of carbonyl (C=O) groups excluding carboxylic acids is 2. The van der Waals surface area contributed by atoms with Crippen molar-refractivity contribution in [3.8, 4) is 0 Å². The van der Waals surface area contributed by atoms with Crippen LogP contribution in [0.15, 0.2) is 53.5 Å². The number of ether oxygens (including phenoxy) is 1. The topological polar surface area (TPSA) is 123 Å². The fourth-order valence-electron chi connectivity index (χ4n) is 5.12. The summed E-state index contributed by atoms with van der Waals surface area (Å²) in [5, 5.41) is 12.1. The third-order valence-electron chi connectivity index (χ3n) is 7.17. The molecule has 1 aliphatic carbocycles. The van der Waals surface area contributed by atoms with Crippen LogP contribution in [-0.4, -0.2) is 51.1 Å². The number of anilines is 1. The Kier molecular flexibility index (Phi) is 5.61. The number of carbonyl (C=O) groups is 2. The van der Waals surface area contributed by atoms with E-state index in [0.717, 1.165) is 31.1 Å². The minimum atomic E-state index is -0.534. The van der Waals surface area contributed by atoms with E-state index in [9.17, 15) is 9.59 Å². The van der Waals surface area contributed by atoms with E-state index in [4.69, 9.17) is 22.1 Å². The van der Waals surface area contributed by atoms with Gasteiger partial charge in [0.15, 0.2) is 11.7 Å². The average Bonchev–Trinajstić information content (AvgIpc) is 3.62. The number of hydrogen-bond donors (Lipinski definition) is 2. The van der Waals surface area contributed by atoms with E-state index in [0.29, 0.717) is 28.4 Å². The lowest BCUT2D eigenvalue weighted by molar-refractivity contribution is -0.133. The molecule has 3 heterocycles. The van der Waals surface area contributed by atoms with Crippen LogP contribution in [0.2, 0.25) is 5.02 Å². The Morgan fingerprint density at radius 1 is 1.17 bits per heavy atom. The number of nitrogens with one attached hydrogen (secondary N) is 1. The number of aliphatic imine (C=N–C) groups is 1. The van der Waals surface area contributed by atoms with E-state index in [-0.39, 0.29) is 35.6 Å². The summed E-state index contributed by atoms with van der Waals surface area (Å²) in [7, 11) is 0. The molecule has 2 atom stereocenters. The standard InChI is InChI=1S/C26H25ClN6O3/c27-23-17(20-13-22(34)33(25(28)30-20)16-8-11-36-26(14-16)9-10-26)5-3-7-19(23)29-24(35)21-12-15-4-1-2-6-18(15)31-32-21/h1-7,12,16,20H,8-11,13-14H2,(H2,28,30)(H,29,35)/t16-,20?/m1/s1. The van der Waals surface area contributed by atoms with Crippen LogP contribution < -0.4 is 11.1 Å². The predicted octanol–water partition coefficient (Wildman–Crippen LogP) is 3.84. The Hall–Kier alpha value is -3.56. The van der Waals surface area contributed by atoms with E-state index in [1.165, 1.54) is 0 Å². The second kappa shape index (κ2) is 8.83. The van der Waals surface area contributed by atoms with Crippen molar-refractivity contribution in [1.82, 2.24) is 15.1 Å². The lowest BCUT2D eigenvalue weighted by Gasteiger charge is -2.39. The molecule has 184 valence electrons. The number of rotatable bonds is 4. The van der Waals surface area contributed by atoms with Gasteiger partial charge in [-0.2, -0.15) is 0 Å². The van der Waals surface area contributed by atoms with Crippen molar-refractivity contribution in [2.45, 2.75) is 49.8 Å². The van der Waals surface area contributed by atoms with Crippen molar-refractivity contribution in [2.75, 3.05) is 11.9 Å². The summed E-state index contributed by atoms with van der Waals surface area (Å²) in [5.41, 5.74) is 8.14. The van der Waals surface area contributed by atoms with Gasteiger partial charge in [-0.05, 0) is 49.4 Å². The number of benzene rings is 2. The van der Waals surface area contributed by atoms with Crippen LogP contribution in [-0.2, 0) is 9.53 Å². The Morgan fingerprint density at radius 3 is 2.81 bits per heavy atom. The van der Waals surface area contributed by atoms with Gasteiger partial charge in [0.1, 0.15) is 0 Å². The highest BCUT2D eigenvalue weighted by molar-refractivity contribution is 6.34. The molecule has 36 heavy (non-hydrogen) atoms. The molecular formula is C26H25ClN6O3. The Balaban J connectivity index is 1.22. The van der Waals surface area contributed by atoms with Gasteiger partial charge in [-0.3, -0.25) is 14.5 Å². The molecule has 3 aromatic rings. The summed E-state index contributed by atoms with van der Waals surface area (Å²) in [5.74, 6) is -0.308. The van der Waals surface area contributed by atoms with Crippen molar-refractivity contribution in [3.05, 3.63) is 64.8 Å². The maximum Gasteiger partial charge on any atom is 0.276 e. The normalized spacial score (nSPS) is 23.0. The number of guanidine groups is 1. The smallest absolute Gasteiger partial charge is 0.276 e. The molecule has 2 fully saturated rings. The molecule has 10 heteroatoms. The summed E-state index contributed by atoms with van der Waals surface area (Å²) in [6.07, 6.45) is 3.75. The zero-order chi connectivity index (χ0) is 24.9. The third kappa shape index (κ3) is 4.18. The molecule has 1 spiro atoms. The van der Waals surface area contributed by atoms with Crippen molar-refractivity contribution < 1.29 is 14.3 Å². The lowest BCUT2D eigenvalue weighted by atomic mass is 9.96. The number of nitrogens with zero attached hydrogens (tertiary/aromatic N) is 4. The van der Waals surface area contributed by atoms with Crippen molar-refractivity contribution in [2.24, 2.45) is 10.7 Å². The molecule has 1 unspecified atom stereocenters. The monoisotopic (exact) mass is 504 g/mol. The third-order valence-corrected chi connectivity index (χ3v) is 7.60. The first kappa shape index (κ1) is 22.9. The van der Waals surface area contributed by atoms with Crippen LogP contribution in [0.25, 0.3) is 10.9 Å². The SMILES string of the molecule is NC1=NC(c2cccc(NC(=O)c3cc4ccccc4nn3)c2Cl)CC(=O)N1[C@@H]1CCOC2(CC2)C1. The molecule has 1 saturated carbocycles. The van der Waals surface area contributed by atoms with Crippen LogP contribution in [0, 0.1) is 0 Å². The fourth-order valence-corrected chi connectivity index (χ4v) is 5.42. The number of fused-ring (bicyclic) bond motifs is 1. The molecule has 0 radical (unpaired) electrons. The molecule has 6 rings (SSSR count). The molecular weight excluding hydrogens is 480 g/mol. The van der Waals surface area contributed by atoms with Crippen molar-refractivity contribution in [1.29, 1.82) is 0 Å². The number of hydrogen-bond acceptors (Lipinski definition) is 7. The number of halogens is 1. The molecule has 3 N–H and O–H groups in total. The lowest BCUT2D eigenvalue weighted by Crippen LogP contribution is -2.54. The van der Waals surface area contributed by atoms with E-state index in [2.05, 4.69) is 20.5 Å². The first-order valence-corrected chi connectivity index (χ1v) is 12.4. The van der Waals surface area contributed by atoms with Gasteiger partial charge < -0.3 is 15.8 Å². The number of amides is 2. The number of aromatic nitrogens is 2. The van der Waals surface area contributed by atoms with E-state index >= 15 is 0 Å². The van der Waals surface area contributed by atoms with Gasteiger partial charge in [0.2, 0.25) is 5.91 Å². The Labute approximate surface area is 212 Å². The molecule has 2 aromatic carbocycles. The van der Waals surface area contributed by atoms with Gasteiger partial charge in [-0.25, -0.2) is 4.99 Å². The molecule has 1 aromatic heterocycles. The summed E-state index contributed by atoms with van der Waals surface area (Å²) in [6, 6.07) is 13.8. The zero-order valence-corrected chi connectivity index (χ0v) is 20.2. The van der Waals surface area contributed by atoms with Crippen molar-refractivity contribution in [3.63, 3.8) is 0 Å². The zero-order valence-electron chi connectivity index (χ0n) is 19.5. The highest BCUT2D eigenvalue weighted by atomic mass is 35.5. The predicted molar refractivity (Wildman–Crippen MR) is 136 cm³/mol. The van der Waals surface area contributed by atoms with Gasteiger partial charge in [-0.15, -0.1) is 10.2 Å². The van der Waals surface area contributed by atoms with Crippen LogP contribution in [0.4, 0.5) is 5.69 Å². The molecule has 9 nitrogen and oxygen atoms in total. The highest BCUT2D eigenvalue weighted by Crippen LogP contribution is 2.47. The van der Waals surface area contributed by atoms with Crippen LogP contribution in [0.5, 0.6) is 0 Å². The van der Waals surface area contributed by atoms with Gasteiger partial charge in [0, 0.05) is 18.0 Å². The minimum Gasteiger partial charge on any atom is -0.375 e. The first-order valence-electron chi connectivity index (χ1n) is 12.0. The van der Waals surface area contributed by atoms with E-state index in [1.807, 2.05) is 24.3 Å². The average molecular weight is 505 g/mol. The Morgan fingerprint density at radius 2 is 2.00 bits per heavy atom. The van der Waals surface area contributed by atoms with Crippen LogP contribution in [0.1, 0.15) is 54.2 Å². The summed E-state index contributed by atoms with van der Waals surface area (Å²) in [4.78, 5) is 32.3. The molecule has 2 aliphatic heterocycles. The largest absolute Gasteiger partial charge is 0.375 e. The van der Waals surface area contributed by atoms with Gasteiger partial charge >= 0.3 is 0 Å². The van der Waals surface area contributed by atoms with Crippen LogP contribution in [0.3, 0.4) is 0 Å². The summed E-state index contributed by atoms with van der Waals surface area (Å²) in [6.45, 7) is 0.625. The molecule has 1 saturated heterocycles. The number of nitrogens with two attached hydrogens (primary N) is 1. The minimum absolute atomic E-state index is 0.00241. The maximum absolute atomic E-state index is 13.2. The second-order valence-electron chi connectivity index (χ2n) is 9.60. The summed E-state index contributed by atoms with van der Waals surface area (Å²) < 4.78 is 5.89. The second-order valence-corrected chi connectivity index (χ2v) is 9.98. The van der Waals surface area contributed by atoms with Gasteiger partial charge in [-0.1, -0.05) is 41.9 Å². The molecule has 2 amide bonds. The Bertz CT molecular complexity index is 1410. The highest BCUT2D eigenvalue weighted by Gasteiger charge is 2.50. The summed E-state index contributed by atoms with van der Waals surface area (Å²) >= 11 is 6.69. The molecule has 0 bridgehead atoms. The van der Waals surface area contributed by atoms with E-state index < -0.39 is 11.9 Å².